The molecule has 0 heterocycles. The maximum atomic E-state index is 12.8. The Hall–Kier alpha value is -2.78. The molecule has 1 aliphatic carbocycles. The quantitative estimate of drug-likeness (QED) is 0.577. The second-order valence-corrected chi connectivity index (χ2v) is 9.17. The summed E-state index contributed by atoms with van der Waals surface area (Å²) in [7, 11) is -4.14. The van der Waals surface area contributed by atoms with Gasteiger partial charge in [0.25, 0.3) is 0 Å². The standard InChI is InChI=1S/C21H24ClN3O5S/c1-3-23-21(27)25(18-7-8-18)13-15-12-16(22)4-11-20(15)30-31(28,29)19-9-5-17(6-10-19)24-14(2)26/h4-6,9-12,18H,3,7-8,13H2,1-2H3,(H,23,27)(H,24,26). The third kappa shape index (κ3) is 6.11. The van der Waals surface area contributed by atoms with Gasteiger partial charge >= 0.3 is 16.1 Å². The summed E-state index contributed by atoms with van der Waals surface area (Å²) >= 11 is 6.12. The molecule has 3 rings (SSSR count). The van der Waals surface area contributed by atoms with Gasteiger partial charge in [-0.15, -0.1) is 0 Å². The molecular formula is C21H24ClN3O5S. The summed E-state index contributed by atoms with van der Waals surface area (Å²) in [6, 6.07) is 10.1. The molecule has 0 spiro atoms. The van der Waals surface area contributed by atoms with Crippen molar-refractivity contribution in [3.63, 3.8) is 0 Å². The van der Waals surface area contributed by atoms with Crippen molar-refractivity contribution in [2.75, 3.05) is 11.9 Å². The van der Waals surface area contributed by atoms with E-state index in [1.165, 1.54) is 43.3 Å². The molecule has 0 saturated heterocycles. The zero-order valence-electron chi connectivity index (χ0n) is 17.2. The van der Waals surface area contributed by atoms with Crippen LogP contribution >= 0.6 is 11.6 Å². The van der Waals surface area contributed by atoms with Crippen LogP contribution in [-0.2, 0) is 21.5 Å². The molecule has 31 heavy (non-hydrogen) atoms. The van der Waals surface area contributed by atoms with Gasteiger partial charge in [0.15, 0.2) is 0 Å². The van der Waals surface area contributed by atoms with E-state index in [1.807, 2.05) is 6.92 Å². The first-order valence-electron chi connectivity index (χ1n) is 9.84. The van der Waals surface area contributed by atoms with Crippen molar-refractivity contribution in [2.24, 2.45) is 0 Å². The first-order valence-corrected chi connectivity index (χ1v) is 11.6. The fourth-order valence-electron chi connectivity index (χ4n) is 3.02. The monoisotopic (exact) mass is 465 g/mol. The van der Waals surface area contributed by atoms with Crippen molar-refractivity contribution in [1.82, 2.24) is 10.2 Å². The summed E-state index contributed by atoms with van der Waals surface area (Å²) in [5.74, 6) is -0.157. The van der Waals surface area contributed by atoms with Gasteiger partial charge in [-0.1, -0.05) is 11.6 Å². The average Bonchev–Trinajstić information content (AvgIpc) is 3.53. The summed E-state index contributed by atoms with van der Waals surface area (Å²) in [5, 5.41) is 5.76. The molecule has 166 valence electrons. The number of benzene rings is 2. The molecule has 1 aliphatic rings. The number of urea groups is 1. The fourth-order valence-corrected chi connectivity index (χ4v) is 4.18. The van der Waals surface area contributed by atoms with E-state index in [9.17, 15) is 18.0 Å². The minimum atomic E-state index is -4.14. The van der Waals surface area contributed by atoms with Gasteiger partial charge in [-0.3, -0.25) is 4.79 Å². The highest BCUT2D eigenvalue weighted by molar-refractivity contribution is 7.87. The van der Waals surface area contributed by atoms with Crippen molar-refractivity contribution >= 4 is 39.3 Å². The predicted octanol–water partition coefficient (Wildman–Crippen LogP) is 3.76. The van der Waals surface area contributed by atoms with Gasteiger partial charge in [0.2, 0.25) is 5.91 Å². The molecule has 3 amide bonds. The lowest BCUT2D eigenvalue weighted by molar-refractivity contribution is -0.114. The number of hydrogen-bond donors (Lipinski definition) is 2. The van der Waals surface area contributed by atoms with Gasteiger partial charge in [0.05, 0.1) is 6.54 Å². The minimum absolute atomic E-state index is 0.0646. The van der Waals surface area contributed by atoms with Crippen LogP contribution < -0.4 is 14.8 Å². The van der Waals surface area contributed by atoms with Crippen LogP contribution in [0.3, 0.4) is 0 Å². The number of carbonyl (C=O) groups is 2. The van der Waals surface area contributed by atoms with Crippen LogP contribution in [0, 0.1) is 0 Å². The Morgan fingerprint density at radius 3 is 2.42 bits per heavy atom. The Balaban J connectivity index is 1.84. The molecule has 0 aromatic heterocycles. The van der Waals surface area contributed by atoms with Crippen LogP contribution in [0.1, 0.15) is 32.3 Å². The molecule has 0 atom stereocenters. The first-order chi connectivity index (χ1) is 14.7. The van der Waals surface area contributed by atoms with Crippen LogP contribution in [0.5, 0.6) is 5.75 Å². The maximum absolute atomic E-state index is 12.8. The van der Waals surface area contributed by atoms with Crippen LogP contribution in [0.2, 0.25) is 5.02 Å². The Labute approximate surface area is 186 Å². The summed E-state index contributed by atoms with van der Waals surface area (Å²) < 4.78 is 31.0. The van der Waals surface area contributed by atoms with Crippen LogP contribution in [-0.4, -0.2) is 37.8 Å². The predicted molar refractivity (Wildman–Crippen MR) is 118 cm³/mol. The van der Waals surface area contributed by atoms with E-state index >= 15 is 0 Å². The molecular weight excluding hydrogens is 442 g/mol. The van der Waals surface area contributed by atoms with E-state index in [0.717, 1.165) is 12.8 Å². The van der Waals surface area contributed by atoms with E-state index < -0.39 is 10.1 Å². The number of halogens is 1. The summed E-state index contributed by atoms with van der Waals surface area (Å²) in [5.41, 5.74) is 0.963. The molecule has 0 radical (unpaired) electrons. The molecule has 2 aromatic carbocycles. The largest absolute Gasteiger partial charge is 0.379 e. The molecule has 8 nitrogen and oxygen atoms in total. The van der Waals surface area contributed by atoms with Gasteiger partial charge in [0.1, 0.15) is 10.6 Å². The van der Waals surface area contributed by atoms with Gasteiger partial charge in [0, 0.05) is 35.8 Å². The molecule has 10 heteroatoms. The molecule has 2 N–H and O–H groups in total. The van der Waals surface area contributed by atoms with Crippen molar-refractivity contribution in [3.05, 3.63) is 53.1 Å². The first kappa shape index (κ1) is 22.9. The maximum Gasteiger partial charge on any atom is 0.339 e. The van der Waals surface area contributed by atoms with E-state index in [-0.39, 0.29) is 35.2 Å². The van der Waals surface area contributed by atoms with Gasteiger partial charge in [-0.2, -0.15) is 8.42 Å². The smallest absolute Gasteiger partial charge is 0.339 e. The molecule has 2 aromatic rings. The van der Waals surface area contributed by atoms with E-state index in [0.29, 0.717) is 22.8 Å². The number of nitrogens with zero attached hydrogens (tertiary/aromatic N) is 1. The Morgan fingerprint density at radius 2 is 1.84 bits per heavy atom. The van der Waals surface area contributed by atoms with Crippen molar-refractivity contribution in [2.45, 2.75) is 44.2 Å². The minimum Gasteiger partial charge on any atom is -0.379 e. The summed E-state index contributed by atoms with van der Waals surface area (Å²) in [6.07, 6.45) is 1.79. The van der Waals surface area contributed by atoms with Crippen LogP contribution in [0.25, 0.3) is 0 Å². The molecule has 1 fully saturated rings. The third-order valence-corrected chi connectivity index (χ3v) is 6.09. The number of amides is 3. The van der Waals surface area contributed by atoms with Crippen molar-refractivity contribution in [3.8, 4) is 5.75 Å². The molecule has 0 bridgehead atoms. The molecule has 0 unspecified atom stereocenters. The Bertz CT molecular complexity index is 1070. The number of anilines is 1. The second kappa shape index (κ2) is 9.57. The van der Waals surface area contributed by atoms with Crippen molar-refractivity contribution in [1.29, 1.82) is 0 Å². The van der Waals surface area contributed by atoms with Gasteiger partial charge in [-0.25, -0.2) is 4.79 Å². The highest BCUT2D eigenvalue weighted by Crippen LogP contribution is 2.32. The fraction of sp³-hybridized carbons (Fsp3) is 0.333. The van der Waals surface area contributed by atoms with E-state index in [1.54, 1.807) is 11.0 Å². The van der Waals surface area contributed by atoms with Gasteiger partial charge in [-0.05, 0) is 62.2 Å². The lowest BCUT2D eigenvalue weighted by Crippen LogP contribution is -2.40. The average molecular weight is 466 g/mol. The number of hydrogen-bond acceptors (Lipinski definition) is 5. The molecule has 0 aliphatic heterocycles. The van der Waals surface area contributed by atoms with Crippen LogP contribution in [0.4, 0.5) is 10.5 Å². The van der Waals surface area contributed by atoms with Crippen LogP contribution in [0.15, 0.2) is 47.4 Å². The lowest BCUT2D eigenvalue weighted by Gasteiger charge is -2.24. The normalized spacial score (nSPS) is 13.4. The summed E-state index contributed by atoms with van der Waals surface area (Å²) in [6.45, 7) is 3.86. The third-order valence-electron chi connectivity index (χ3n) is 4.60. The number of rotatable bonds is 8. The highest BCUT2D eigenvalue weighted by atomic mass is 35.5. The zero-order valence-corrected chi connectivity index (χ0v) is 18.8. The zero-order chi connectivity index (χ0) is 22.6. The Kier molecular flexibility index (Phi) is 7.07. The SMILES string of the molecule is CCNC(=O)N(Cc1cc(Cl)ccc1OS(=O)(=O)c1ccc(NC(C)=O)cc1)C1CC1. The number of nitrogens with one attached hydrogen (secondary N) is 2. The summed E-state index contributed by atoms with van der Waals surface area (Å²) in [4.78, 5) is 25.2. The Morgan fingerprint density at radius 1 is 1.16 bits per heavy atom. The highest BCUT2D eigenvalue weighted by Gasteiger charge is 2.33. The van der Waals surface area contributed by atoms with Crippen molar-refractivity contribution < 1.29 is 22.2 Å². The van der Waals surface area contributed by atoms with E-state index in [4.69, 9.17) is 15.8 Å². The number of carbonyl (C=O) groups excluding carboxylic acids is 2. The lowest BCUT2D eigenvalue weighted by atomic mass is 10.2. The van der Waals surface area contributed by atoms with Gasteiger partial charge < -0.3 is 19.7 Å². The topological polar surface area (TPSA) is 105 Å². The van der Waals surface area contributed by atoms with E-state index in [2.05, 4.69) is 10.6 Å². The molecule has 1 saturated carbocycles. The second-order valence-electron chi connectivity index (χ2n) is 7.19.